The third-order valence-corrected chi connectivity index (χ3v) is 5.19. The zero-order valence-electron chi connectivity index (χ0n) is 11.3. The fourth-order valence-electron chi connectivity index (χ4n) is 2.35. The van der Waals surface area contributed by atoms with Gasteiger partial charge in [0.25, 0.3) is 0 Å². The Labute approximate surface area is 127 Å². The summed E-state index contributed by atoms with van der Waals surface area (Å²) in [5.74, 6) is 0. The maximum Gasteiger partial charge on any atom is 0.107 e. The van der Waals surface area contributed by atoms with Crippen LogP contribution in [-0.2, 0) is 0 Å². The van der Waals surface area contributed by atoms with Gasteiger partial charge in [-0.15, -0.1) is 11.3 Å². The zero-order valence-corrected chi connectivity index (χ0v) is 13.7. The summed E-state index contributed by atoms with van der Waals surface area (Å²) in [6.07, 6.45) is -0.727. The summed E-state index contributed by atoms with van der Waals surface area (Å²) in [7, 11) is 0. The minimum absolute atomic E-state index is 0.551. The molecule has 0 amide bonds. The molecule has 2 aromatic rings. The molecule has 0 saturated heterocycles. The van der Waals surface area contributed by atoms with Crippen molar-refractivity contribution in [1.82, 2.24) is 0 Å². The molecule has 0 aliphatic rings. The molecule has 2 rings (SSSR count). The Kier molecular flexibility index (Phi) is 4.26. The van der Waals surface area contributed by atoms with E-state index in [9.17, 15) is 5.11 Å². The van der Waals surface area contributed by atoms with Crippen molar-refractivity contribution in [3.05, 3.63) is 54.2 Å². The molecular formula is C15H16Cl2OS. The van der Waals surface area contributed by atoms with E-state index in [1.54, 1.807) is 6.07 Å². The van der Waals surface area contributed by atoms with Crippen molar-refractivity contribution >= 4 is 34.5 Å². The highest BCUT2D eigenvalue weighted by Gasteiger charge is 2.22. The third kappa shape index (κ3) is 2.68. The first-order chi connectivity index (χ1) is 8.82. The van der Waals surface area contributed by atoms with Crippen LogP contribution in [-0.4, -0.2) is 5.11 Å². The monoisotopic (exact) mass is 314 g/mol. The molecule has 19 heavy (non-hydrogen) atoms. The molecule has 0 spiro atoms. The second kappa shape index (κ2) is 5.45. The van der Waals surface area contributed by atoms with Crippen molar-refractivity contribution in [3.8, 4) is 0 Å². The quantitative estimate of drug-likeness (QED) is 0.790. The highest BCUT2D eigenvalue weighted by Crippen LogP contribution is 2.40. The van der Waals surface area contributed by atoms with Gasteiger partial charge >= 0.3 is 0 Å². The molecule has 0 saturated carbocycles. The molecular weight excluding hydrogens is 299 g/mol. The number of aryl methyl sites for hydroxylation is 2. The largest absolute Gasteiger partial charge is 0.384 e. The number of rotatable bonds is 2. The van der Waals surface area contributed by atoms with Crippen LogP contribution in [0.4, 0.5) is 0 Å². The molecule has 0 bridgehead atoms. The Balaban J connectivity index is 2.62. The van der Waals surface area contributed by atoms with Gasteiger partial charge in [-0.2, -0.15) is 0 Å². The fourth-order valence-corrected chi connectivity index (χ4v) is 3.87. The highest BCUT2D eigenvalue weighted by atomic mass is 35.5. The lowest BCUT2D eigenvalue weighted by Gasteiger charge is -2.20. The molecule has 1 heterocycles. The number of halogens is 2. The minimum atomic E-state index is -0.727. The molecule has 4 heteroatoms. The molecule has 1 unspecified atom stereocenters. The average molecular weight is 315 g/mol. The van der Waals surface area contributed by atoms with Crippen molar-refractivity contribution < 1.29 is 5.11 Å². The van der Waals surface area contributed by atoms with Gasteiger partial charge in [-0.25, -0.2) is 0 Å². The van der Waals surface area contributed by atoms with Crippen molar-refractivity contribution in [1.29, 1.82) is 0 Å². The number of aliphatic hydroxyl groups excluding tert-OH is 1. The average Bonchev–Trinajstić information content (AvgIpc) is 2.66. The first kappa shape index (κ1) is 14.9. The van der Waals surface area contributed by atoms with E-state index in [0.717, 1.165) is 16.7 Å². The summed E-state index contributed by atoms with van der Waals surface area (Å²) >= 11 is 13.4. The van der Waals surface area contributed by atoms with E-state index >= 15 is 0 Å². The molecule has 1 aromatic heterocycles. The van der Waals surface area contributed by atoms with Gasteiger partial charge in [0, 0.05) is 5.56 Å². The van der Waals surface area contributed by atoms with Crippen molar-refractivity contribution in [2.75, 3.05) is 0 Å². The lowest BCUT2D eigenvalue weighted by Crippen LogP contribution is -2.07. The Morgan fingerprint density at radius 1 is 1.00 bits per heavy atom. The van der Waals surface area contributed by atoms with Crippen LogP contribution in [0.1, 0.15) is 39.5 Å². The summed E-state index contributed by atoms with van der Waals surface area (Å²) in [5, 5.41) is 10.7. The van der Waals surface area contributed by atoms with Crippen molar-refractivity contribution in [2.24, 2.45) is 0 Å². The van der Waals surface area contributed by atoms with E-state index in [-0.39, 0.29) is 0 Å². The third-order valence-electron chi connectivity index (χ3n) is 3.68. The van der Waals surface area contributed by atoms with E-state index in [0.29, 0.717) is 14.2 Å². The van der Waals surface area contributed by atoms with Crippen LogP contribution in [0.5, 0.6) is 0 Å². The molecule has 1 atom stereocenters. The molecule has 0 aliphatic heterocycles. The maximum absolute atomic E-state index is 10.7. The summed E-state index contributed by atoms with van der Waals surface area (Å²) in [5.41, 5.74) is 6.19. The van der Waals surface area contributed by atoms with Gasteiger partial charge in [0.15, 0.2) is 0 Å². The van der Waals surface area contributed by atoms with Crippen LogP contribution >= 0.6 is 34.5 Å². The predicted molar refractivity (Wildman–Crippen MR) is 83.8 cm³/mol. The van der Waals surface area contributed by atoms with E-state index in [2.05, 4.69) is 19.9 Å². The summed E-state index contributed by atoms with van der Waals surface area (Å²) in [6.45, 7) is 8.17. The van der Waals surface area contributed by atoms with E-state index < -0.39 is 6.10 Å². The lowest BCUT2D eigenvalue weighted by atomic mass is 9.89. The molecule has 1 N–H and O–H groups in total. The summed E-state index contributed by atoms with van der Waals surface area (Å²) < 4.78 is 1.15. The Morgan fingerprint density at radius 2 is 1.53 bits per heavy atom. The van der Waals surface area contributed by atoms with Crippen LogP contribution < -0.4 is 0 Å². The van der Waals surface area contributed by atoms with Gasteiger partial charge in [-0.3, -0.25) is 0 Å². The topological polar surface area (TPSA) is 20.2 Å². The van der Waals surface area contributed by atoms with Crippen LogP contribution in [0.2, 0.25) is 8.67 Å². The van der Waals surface area contributed by atoms with Gasteiger partial charge in [0.05, 0.1) is 4.34 Å². The first-order valence-electron chi connectivity index (χ1n) is 6.03. The van der Waals surface area contributed by atoms with Gasteiger partial charge in [-0.1, -0.05) is 29.3 Å². The summed E-state index contributed by atoms with van der Waals surface area (Å²) in [6, 6.07) is 3.89. The van der Waals surface area contributed by atoms with Gasteiger partial charge in [0.1, 0.15) is 10.4 Å². The van der Waals surface area contributed by atoms with Gasteiger partial charge in [0.2, 0.25) is 0 Å². The molecule has 0 fully saturated rings. The molecule has 1 nitrogen and oxygen atoms in total. The second-order valence-electron chi connectivity index (χ2n) is 4.86. The van der Waals surface area contributed by atoms with E-state index in [4.69, 9.17) is 23.2 Å². The Morgan fingerprint density at radius 3 is 1.95 bits per heavy atom. The maximum atomic E-state index is 10.7. The van der Waals surface area contributed by atoms with Crippen LogP contribution in [0, 0.1) is 27.7 Å². The number of hydrogen-bond acceptors (Lipinski definition) is 2. The number of aliphatic hydroxyl groups is 1. The molecule has 1 aromatic carbocycles. The second-order valence-corrected chi connectivity index (χ2v) is 7.14. The first-order valence-corrected chi connectivity index (χ1v) is 7.60. The van der Waals surface area contributed by atoms with Gasteiger partial charge < -0.3 is 5.11 Å². The Hall–Kier alpha value is -0.540. The molecule has 0 radical (unpaired) electrons. The van der Waals surface area contributed by atoms with E-state index in [1.165, 1.54) is 22.5 Å². The zero-order chi connectivity index (χ0) is 14.3. The normalized spacial score (nSPS) is 12.8. The lowest BCUT2D eigenvalue weighted by molar-refractivity contribution is 0.219. The van der Waals surface area contributed by atoms with Crippen LogP contribution in [0.3, 0.4) is 0 Å². The van der Waals surface area contributed by atoms with E-state index in [1.807, 2.05) is 13.8 Å². The summed E-state index contributed by atoms with van der Waals surface area (Å²) in [4.78, 5) is 0. The SMILES string of the molecule is Cc1cc(C)c(C)c(C(O)c2cc(Cl)sc2Cl)c1C. The van der Waals surface area contributed by atoms with Crippen molar-refractivity contribution in [3.63, 3.8) is 0 Å². The van der Waals surface area contributed by atoms with Crippen LogP contribution in [0.15, 0.2) is 12.1 Å². The molecule has 102 valence electrons. The number of benzene rings is 1. The van der Waals surface area contributed by atoms with Gasteiger partial charge in [-0.05, 0) is 61.6 Å². The van der Waals surface area contributed by atoms with Crippen molar-refractivity contribution in [2.45, 2.75) is 33.8 Å². The fraction of sp³-hybridized carbons (Fsp3) is 0.333. The highest BCUT2D eigenvalue weighted by molar-refractivity contribution is 7.20. The smallest absolute Gasteiger partial charge is 0.107 e. The predicted octanol–water partition coefficient (Wildman–Crippen LogP) is 5.37. The number of hydrogen-bond donors (Lipinski definition) is 1. The standard InChI is InChI=1S/C15H16Cl2OS/c1-7-5-8(2)10(4)13(9(7)3)14(18)11-6-12(16)19-15(11)17/h5-6,14,18H,1-4H3. The number of thiophene rings is 1. The molecule has 0 aliphatic carbocycles. The Bertz CT molecular complexity index is 605. The minimum Gasteiger partial charge on any atom is -0.384 e. The van der Waals surface area contributed by atoms with Crippen LogP contribution in [0.25, 0.3) is 0 Å².